The molecule has 1 amide bonds. The summed E-state index contributed by atoms with van der Waals surface area (Å²) in [4.78, 5) is 12.1. The van der Waals surface area contributed by atoms with Crippen LogP contribution in [0.4, 0.5) is 4.39 Å². The Morgan fingerprint density at radius 3 is 2.70 bits per heavy atom. The van der Waals surface area contributed by atoms with Crippen LogP contribution in [0.5, 0.6) is 0 Å². The summed E-state index contributed by atoms with van der Waals surface area (Å²) in [6.45, 7) is 0. The van der Waals surface area contributed by atoms with Gasteiger partial charge in [-0.1, -0.05) is 18.9 Å². The smallest absolute Gasteiger partial charge is 0.221 e. The molecule has 0 aliphatic heterocycles. The van der Waals surface area contributed by atoms with E-state index in [-0.39, 0.29) is 35.2 Å². The van der Waals surface area contributed by atoms with Crippen LogP contribution < -0.4 is 5.32 Å². The molecule has 0 bridgehead atoms. The van der Waals surface area contributed by atoms with Crippen LogP contribution in [0.25, 0.3) is 0 Å². The Morgan fingerprint density at radius 2 is 1.96 bits per heavy atom. The number of fused-ring (bicyclic) bond motifs is 1. The van der Waals surface area contributed by atoms with Gasteiger partial charge in [0.25, 0.3) is 0 Å². The average molecular weight is 339 g/mol. The predicted molar refractivity (Wildman–Crippen MR) is 86.3 cm³/mol. The highest BCUT2D eigenvalue weighted by Gasteiger charge is 2.30. The summed E-state index contributed by atoms with van der Waals surface area (Å²) in [6, 6.07) is 4.43. The Balaban J connectivity index is 1.56. The van der Waals surface area contributed by atoms with E-state index in [1.165, 1.54) is 12.1 Å². The molecule has 1 unspecified atom stereocenters. The lowest BCUT2D eigenvalue weighted by Crippen LogP contribution is -2.30. The molecule has 3 rings (SSSR count). The fraction of sp³-hybridized carbons (Fsp3) is 0.588. The van der Waals surface area contributed by atoms with Gasteiger partial charge in [-0.25, -0.2) is 12.8 Å². The van der Waals surface area contributed by atoms with E-state index >= 15 is 0 Å². The molecule has 2 aliphatic rings. The van der Waals surface area contributed by atoms with E-state index in [2.05, 4.69) is 5.32 Å². The Kier molecular flexibility index (Phi) is 4.71. The molecule has 6 heteroatoms. The number of halogens is 1. The summed E-state index contributed by atoms with van der Waals surface area (Å²) in [6.07, 6.45) is 4.89. The molecular formula is C17H22FNO3S. The molecule has 126 valence electrons. The zero-order chi connectivity index (χ0) is 16.4. The van der Waals surface area contributed by atoms with Crippen LogP contribution in [0.1, 0.15) is 55.7 Å². The number of hydrogen-bond donors (Lipinski definition) is 1. The molecular weight excluding hydrogens is 317 g/mol. The van der Waals surface area contributed by atoms with Gasteiger partial charge in [0.15, 0.2) is 9.84 Å². The van der Waals surface area contributed by atoms with Crippen molar-refractivity contribution < 1.29 is 17.6 Å². The molecule has 2 aliphatic carbocycles. The van der Waals surface area contributed by atoms with Crippen LogP contribution in [0.15, 0.2) is 18.2 Å². The second kappa shape index (κ2) is 6.59. The largest absolute Gasteiger partial charge is 0.349 e. The van der Waals surface area contributed by atoms with Crippen LogP contribution in [0.3, 0.4) is 0 Å². The van der Waals surface area contributed by atoms with Gasteiger partial charge >= 0.3 is 0 Å². The maximum absolute atomic E-state index is 13.4. The SMILES string of the molecule is O=C(CCS(=O)(=O)C1CCCC1)NC1CCc2ccc(F)cc21. The number of nitrogens with one attached hydrogen (secondary N) is 1. The molecule has 23 heavy (non-hydrogen) atoms. The third-order valence-corrected chi connectivity index (χ3v) is 7.20. The standard InChI is InChI=1S/C17H22FNO3S/c18-13-7-5-12-6-8-16(15(12)11-13)19-17(20)9-10-23(21,22)14-3-1-2-4-14/h5,7,11,14,16H,1-4,6,8-10H2,(H,19,20). The fourth-order valence-corrected chi connectivity index (χ4v) is 5.49. The molecule has 0 aromatic heterocycles. The summed E-state index contributed by atoms with van der Waals surface area (Å²) in [7, 11) is -3.18. The number of amides is 1. The van der Waals surface area contributed by atoms with E-state index < -0.39 is 9.84 Å². The maximum atomic E-state index is 13.4. The maximum Gasteiger partial charge on any atom is 0.221 e. The van der Waals surface area contributed by atoms with E-state index in [1.807, 2.05) is 0 Å². The van der Waals surface area contributed by atoms with Crippen LogP contribution in [-0.4, -0.2) is 25.3 Å². The number of rotatable bonds is 5. The Labute approximate surface area is 136 Å². The van der Waals surface area contributed by atoms with Gasteiger partial charge in [0, 0.05) is 6.42 Å². The number of aryl methyl sites for hydroxylation is 1. The zero-order valence-electron chi connectivity index (χ0n) is 13.1. The quantitative estimate of drug-likeness (QED) is 0.897. The topological polar surface area (TPSA) is 63.2 Å². The second-order valence-electron chi connectivity index (χ2n) is 6.53. The summed E-state index contributed by atoms with van der Waals surface area (Å²) >= 11 is 0. The molecule has 0 saturated heterocycles. The van der Waals surface area contributed by atoms with Crippen molar-refractivity contribution in [2.45, 2.75) is 56.2 Å². The molecule has 1 N–H and O–H groups in total. The van der Waals surface area contributed by atoms with Gasteiger partial charge in [0.2, 0.25) is 5.91 Å². The van der Waals surface area contributed by atoms with E-state index in [9.17, 15) is 17.6 Å². The van der Waals surface area contributed by atoms with Crippen molar-refractivity contribution in [2.24, 2.45) is 0 Å². The molecule has 1 aromatic rings. The number of hydrogen-bond acceptors (Lipinski definition) is 3. The highest BCUT2D eigenvalue weighted by Crippen LogP contribution is 2.31. The fourth-order valence-electron chi connectivity index (χ4n) is 3.64. The lowest BCUT2D eigenvalue weighted by Gasteiger charge is -2.15. The first-order valence-electron chi connectivity index (χ1n) is 8.25. The highest BCUT2D eigenvalue weighted by atomic mass is 32.2. The van der Waals surface area contributed by atoms with Crippen molar-refractivity contribution >= 4 is 15.7 Å². The molecule has 1 aromatic carbocycles. The van der Waals surface area contributed by atoms with Crippen LogP contribution in [0.2, 0.25) is 0 Å². The Morgan fingerprint density at radius 1 is 1.22 bits per heavy atom. The minimum Gasteiger partial charge on any atom is -0.349 e. The first kappa shape index (κ1) is 16.4. The van der Waals surface area contributed by atoms with E-state index in [1.54, 1.807) is 6.07 Å². The molecule has 1 saturated carbocycles. The number of carbonyl (C=O) groups is 1. The van der Waals surface area contributed by atoms with Crippen LogP contribution in [0, 0.1) is 5.82 Å². The number of benzene rings is 1. The summed E-state index contributed by atoms with van der Waals surface area (Å²) in [5.74, 6) is -0.672. The van der Waals surface area contributed by atoms with Crippen LogP contribution in [-0.2, 0) is 21.1 Å². The van der Waals surface area contributed by atoms with Gasteiger partial charge in [-0.2, -0.15) is 0 Å². The summed E-state index contributed by atoms with van der Waals surface area (Å²) in [5.41, 5.74) is 1.87. The lowest BCUT2D eigenvalue weighted by atomic mass is 10.1. The zero-order valence-corrected chi connectivity index (χ0v) is 13.9. The van der Waals surface area contributed by atoms with E-state index in [0.29, 0.717) is 0 Å². The first-order valence-corrected chi connectivity index (χ1v) is 9.96. The minimum atomic E-state index is -3.18. The lowest BCUT2D eigenvalue weighted by molar-refractivity contribution is -0.121. The molecule has 0 radical (unpaired) electrons. The third kappa shape index (κ3) is 3.74. The average Bonchev–Trinajstić information content (AvgIpc) is 3.16. The van der Waals surface area contributed by atoms with Gasteiger partial charge < -0.3 is 5.32 Å². The second-order valence-corrected chi connectivity index (χ2v) is 8.93. The van der Waals surface area contributed by atoms with Gasteiger partial charge in [0.05, 0.1) is 17.0 Å². The molecule has 0 spiro atoms. The van der Waals surface area contributed by atoms with Crippen molar-refractivity contribution in [1.82, 2.24) is 5.32 Å². The van der Waals surface area contributed by atoms with Gasteiger partial charge in [0.1, 0.15) is 5.82 Å². The van der Waals surface area contributed by atoms with Crippen molar-refractivity contribution in [3.8, 4) is 0 Å². The highest BCUT2D eigenvalue weighted by molar-refractivity contribution is 7.92. The van der Waals surface area contributed by atoms with Crippen molar-refractivity contribution in [1.29, 1.82) is 0 Å². The molecule has 0 heterocycles. The van der Waals surface area contributed by atoms with Crippen molar-refractivity contribution in [2.75, 3.05) is 5.75 Å². The monoisotopic (exact) mass is 339 g/mol. The van der Waals surface area contributed by atoms with Crippen LogP contribution >= 0.6 is 0 Å². The minimum absolute atomic E-state index is 0.0139. The van der Waals surface area contributed by atoms with E-state index in [0.717, 1.165) is 49.7 Å². The Bertz CT molecular complexity index is 696. The molecule has 1 fully saturated rings. The van der Waals surface area contributed by atoms with Gasteiger partial charge in [-0.15, -0.1) is 0 Å². The normalized spacial score (nSPS) is 21.3. The molecule has 1 atom stereocenters. The van der Waals surface area contributed by atoms with Crippen molar-refractivity contribution in [3.63, 3.8) is 0 Å². The Hall–Kier alpha value is -1.43. The van der Waals surface area contributed by atoms with E-state index in [4.69, 9.17) is 0 Å². The summed E-state index contributed by atoms with van der Waals surface area (Å²) < 4.78 is 37.7. The predicted octanol–water partition coefficient (Wildman–Crippen LogP) is 2.68. The number of sulfone groups is 1. The summed E-state index contributed by atoms with van der Waals surface area (Å²) in [5, 5.41) is 2.59. The van der Waals surface area contributed by atoms with Gasteiger partial charge in [-0.3, -0.25) is 4.79 Å². The molecule has 4 nitrogen and oxygen atoms in total. The van der Waals surface area contributed by atoms with Crippen molar-refractivity contribution in [3.05, 3.63) is 35.1 Å². The third-order valence-electron chi connectivity index (χ3n) is 4.94. The van der Waals surface area contributed by atoms with Gasteiger partial charge in [-0.05, 0) is 48.9 Å². The number of carbonyl (C=O) groups excluding carboxylic acids is 1. The first-order chi connectivity index (χ1) is 11.0.